The van der Waals surface area contributed by atoms with E-state index in [-0.39, 0.29) is 0 Å². The van der Waals surface area contributed by atoms with E-state index in [0.29, 0.717) is 24.1 Å². The van der Waals surface area contributed by atoms with Crippen molar-refractivity contribution >= 4 is 33.3 Å². The zero-order valence-electron chi connectivity index (χ0n) is 18.2. The monoisotopic (exact) mass is 455 g/mol. The fourth-order valence-corrected chi connectivity index (χ4v) is 5.48. The fraction of sp³-hybridized carbons (Fsp3) is 0.522. The van der Waals surface area contributed by atoms with Gasteiger partial charge in [0.15, 0.2) is 0 Å². The van der Waals surface area contributed by atoms with Gasteiger partial charge in [-0.2, -0.15) is 4.98 Å². The molecule has 170 valence electrons. The second-order valence-corrected chi connectivity index (χ2v) is 10.1. The molecule has 1 aromatic carbocycles. The summed E-state index contributed by atoms with van der Waals surface area (Å²) in [5.74, 6) is 1.40. The molecule has 0 spiro atoms. The van der Waals surface area contributed by atoms with Crippen LogP contribution < -0.4 is 10.6 Å². The zero-order chi connectivity index (χ0) is 22.4. The minimum absolute atomic E-state index is 0.399. The van der Waals surface area contributed by atoms with Gasteiger partial charge in [0.25, 0.3) is 0 Å². The number of para-hydroxylation sites is 1. The summed E-state index contributed by atoms with van der Waals surface area (Å²) in [5, 5.41) is 38.6. The predicted molar refractivity (Wildman–Crippen MR) is 126 cm³/mol. The molecule has 2 fully saturated rings. The number of rotatable bonds is 7. The van der Waals surface area contributed by atoms with Crippen molar-refractivity contribution in [1.29, 1.82) is 0 Å². The Bertz CT molecular complexity index is 1080. The Balaban J connectivity index is 1.52. The van der Waals surface area contributed by atoms with Gasteiger partial charge in [-0.15, -0.1) is 11.3 Å². The Morgan fingerprint density at radius 2 is 1.91 bits per heavy atom. The predicted octanol–water partition coefficient (Wildman–Crippen LogP) is 2.79. The summed E-state index contributed by atoms with van der Waals surface area (Å²) in [6, 6.07) is 7.53. The van der Waals surface area contributed by atoms with Gasteiger partial charge in [-0.25, -0.2) is 9.97 Å². The third-order valence-electron chi connectivity index (χ3n) is 6.51. The fourth-order valence-electron chi connectivity index (χ4n) is 4.41. The van der Waals surface area contributed by atoms with E-state index in [2.05, 4.69) is 15.6 Å². The molecule has 5 unspecified atom stereocenters. The van der Waals surface area contributed by atoms with Gasteiger partial charge < -0.3 is 26.0 Å². The van der Waals surface area contributed by atoms with Crippen LogP contribution in [0.5, 0.6) is 0 Å². The molecule has 5 rings (SSSR count). The Labute approximate surface area is 190 Å². The summed E-state index contributed by atoms with van der Waals surface area (Å²) in [6.45, 7) is 4.42. The summed E-state index contributed by atoms with van der Waals surface area (Å²) in [6.07, 6.45) is 0.192. The highest BCUT2D eigenvalue weighted by Crippen LogP contribution is 2.38. The highest BCUT2D eigenvalue weighted by Gasteiger charge is 2.44. The maximum Gasteiger partial charge on any atom is 0.224 e. The first-order valence-corrected chi connectivity index (χ1v) is 12.0. The summed E-state index contributed by atoms with van der Waals surface area (Å²) in [5.41, 5.74) is 2.50. The largest absolute Gasteiger partial charge is 0.393 e. The number of benzene rings is 1. The van der Waals surface area contributed by atoms with Crippen LogP contribution in [0, 0.1) is 18.8 Å². The van der Waals surface area contributed by atoms with Gasteiger partial charge >= 0.3 is 0 Å². The topological polar surface area (TPSA) is 123 Å². The number of hydrogen-bond acceptors (Lipinski definition) is 9. The Morgan fingerprint density at radius 1 is 1.12 bits per heavy atom. The molecule has 5 N–H and O–H groups in total. The second-order valence-electron chi connectivity index (χ2n) is 9.04. The lowest BCUT2D eigenvalue weighted by molar-refractivity contribution is -0.0162. The molecule has 2 aliphatic rings. The summed E-state index contributed by atoms with van der Waals surface area (Å²) in [7, 11) is 0. The third kappa shape index (κ3) is 4.17. The average molecular weight is 456 g/mol. The van der Waals surface area contributed by atoms with E-state index in [1.54, 1.807) is 18.3 Å². The van der Waals surface area contributed by atoms with E-state index >= 15 is 0 Å². The van der Waals surface area contributed by atoms with Crippen LogP contribution in [0.3, 0.4) is 0 Å². The molecule has 2 aliphatic carbocycles. The van der Waals surface area contributed by atoms with Crippen LogP contribution in [0.4, 0.5) is 11.8 Å². The second kappa shape index (κ2) is 8.55. The first-order valence-electron chi connectivity index (χ1n) is 11.2. The molecule has 5 atom stereocenters. The van der Waals surface area contributed by atoms with Crippen molar-refractivity contribution in [2.24, 2.45) is 11.8 Å². The van der Waals surface area contributed by atoms with Gasteiger partial charge in [-0.1, -0.05) is 12.1 Å². The lowest BCUT2D eigenvalue weighted by atomic mass is 10.00. The van der Waals surface area contributed by atoms with Crippen LogP contribution in [0.15, 0.2) is 24.3 Å². The average Bonchev–Trinajstić information content (AvgIpc) is 3.43. The van der Waals surface area contributed by atoms with Crippen molar-refractivity contribution in [2.75, 3.05) is 17.2 Å². The van der Waals surface area contributed by atoms with Crippen molar-refractivity contribution in [2.45, 2.75) is 57.5 Å². The minimum atomic E-state index is -1.00. The van der Waals surface area contributed by atoms with Crippen LogP contribution in [0.2, 0.25) is 0 Å². The lowest BCUT2D eigenvalue weighted by Gasteiger charge is -2.21. The maximum absolute atomic E-state index is 10.6. The van der Waals surface area contributed by atoms with Gasteiger partial charge in [0.2, 0.25) is 5.95 Å². The Morgan fingerprint density at radius 3 is 2.59 bits per heavy atom. The van der Waals surface area contributed by atoms with Gasteiger partial charge in [-0.3, -0.25) is 0 Å². The molecule has 32 heavy (non-hydrogen) atoms. The van der Waals surface area contributed by atoms with Crippen LogP contribution in [-0.4, -0.2) is 61.2 Å². The number of nitrogens with one attached hydrogen (secondary N) is 2. The smallest absolute Gasteiger partial charge is 0.224 e. The van der Waals surface area contributed by atoms with Crippen molar-refractivity contribution in [1.82, 2.24) is 15.0 Å². The number of aryl methyl sites for hydroxylation is 1. The van der Waals surface area contributed by atoms with Crippen LogP contribution >= 0.6 is 11.3 Å². The van der Waals surface area contributed by atoms with Gasteiger partial charge in [-0.05, 0) is 51.2 Å². The van der Waals surface area contributed by atoms with E-state index in [1.165, 1.54) is 12.8 Å². The Hall–Kier alpha value is -2.33. The van der Waals surface area contributed by atoms with Crippen LogP contribution in [0.1, 0.15) is 31.9 Å². The highest BCUT2D eigenvalue weighted by molar-refractivity contribution is 7.21. The number of thiazole rings is 1. The SMILES string of the molecule is Cc1nc(NCC2CC2)nc(NC2CC(C(C)O)C(O)C2O)c1-c1nc2ccccc2s1. The molecule has 3 aromatic rings. The molecule has 0 bridgehead atoms. The quantitative estimate of drug-likeness (QED) is 0.369. The molecule has 2 heterocycles. The van der Waals surface area contributed by atoms with Crippen LogP contribution in [0.25, 0.3) is 20.8 Å². The molecule has 0 radical (unpaired) electrons. The van der Waals surface area contributed by atoms with E-state index in [4.69, 9.17) is 9.97 Å². The third-order valence-corrected chi connectivity index (χ3v) is 7.57. The van der Waals surface area contributed by atoms with Crippen molar-refractivity contribution in [3.63, 3.8) is 0 Å². The van der Waals surface area contributed by atoms with E-state index < -0.39 is 30.3 Å². The molecule has 2 aromatic heterocycles. The van der Waals surface area contributed by atoms with Crippen molar-refractivity contribution in [3.8, 4) is 10.6 Å². The molecule has 0 amide bonds. The number of fused-ring (bicyclic) bond motifs is 1. The van der Waals surface area contributed by atoms with Crippen molar-refractivity contribution < 1.29 is 15.3 Å². The Kier molecular flexibility index (Phi) is 5.75. The molecular formula is C23H29N5O3S. The molecule has 0 saturated heterocycles. The highest BCUT2D eigenvalue weighted by atomic mass is 32.1. The lowest BCUT2D eigenvalue weighted by Crippen LogP contribution is -2.36. The summed E-state index contributed by atoms with van der Waals surface area (Å²) >= 11 is 1.57. The van der Waals surface area contributed by atoms with Gasteiger partial charge in [0.1, 0.15) is 16.9 Å². The number of nitrogens with zero attached hydrogens (tertiary/aromatic N) is 3. The van der Waals surface area contributed by atoms with Gasteiger partial charge in [0, 0.05) is 12.5 Å². The van der Waals surface area contributed by atoms with Gasteiger partial charge in [0.05, 0.1) is 39.7 Å². The number of aromatic nitrogens is 3. The van der Waals surface area contributed by atoms with E-state index in [1.807, 2.05) is 31.2 Å². The first-order chi connectivity index (χ1) is 15.4. The van der Waals surface area contributed by atoms with Crippen LogP contribution in [-0.2, 0) is 0 Å². The first kappa shape index (κ1) is 21.5. The minimum Gasteiger partial charge on any atom is -0.393 e. The van der Waals surface area contributed by atoms with E-state index in [9.17, 15) is 15.3 Å². The van der Waals surface area contributed by atoms with E-state index in [0.717, 1.165) is 33.0 Å². The number of hydrogen-bond donors (Lipinski definition) is 5. The number of anilines is 2. The number of aliphatic hydroxyl groups excluding tert-OH is 3. The molecule has 0 aliphatic heterocycles. The van der Waals surface area contributed by atoms with Crippen molar-refractivity contribution in [3.05, 3.63) is 30.0 Å². The summed E-state index contributed by atoms with van der Waals surface area (Å²) in [4.78, 5) is 14.2. The molecule has 9 heteroatoms. The standard InChI is InChI=1S/C23H29N5O3S/c1-11-18(22-27-15-5-3-4-6-17(15)32-22)21(28-23(25-11)24-10-13-7-8-13)26-16-9-14(12(2)29)19(30)20(16)31/h3-6,12-14,16,19-20,29-31H,7-10H2,1-2H3,(H2,24,25,26,28). The normalized spacial score (nSPS) is 26.4. The zero-order valence-corrected chi connectivity index (χ0v) is 19.0. The maximum atomic E-state index is 10.6. The summed E-state index contributed by atoms with van der Waals surface area (Å²) < 4.78 is 1.08. The molecule has 2 saturated carbocycles. The number of aliphatic hydroxyl groups is 3. The molecular weight excluding hydrogens is 426 g/mol. The molecule has 8 nitrogen and oxygen atoms in total.